The Balaban J connectivity index is 3.43. The SMILES string of the molecule is CCCCC[C@H](O)[C@@H](O)C/C=C/CCCCCCCC(=O)O. The highest BCUT2D eigenvalue weighted by atomic mass is 16.4. The van der Waals surface area contributed by atoms with Gasteiger partial charge in [-0.25, -0.2) is 0 Å². The van der Waals surface area contributed by atoms with E-state index in [9.17, 15) is 15.0 Å². The maximum atomic E-state index is 10.3. The Morgan fingerprint density at radius 2 is 1.59 bits per heavy atom. The molecule has 0 unspecified atom stereocenters. The first-order chi connectivity index (χ1) is 10.6. The lowest BCUT2D eigenvalue weighted by atomic mass is 10.0. The zero-order chi connectivity index (χ0) is 16.6. The summed E-state index contributed by atoms with van der Waals surface area (Å²) in [6.07, 6.45) is 13.5. The van der Waals surface area contributed by atoms with Crippen LogP contribution in [-0.4, -0.2) is 33.5 Å². The average Bonchev–Trinajstić information content (AvgIpc) is 2.48. The van der Waals surface area contributed by atoms with E-state index >= 15 is 0 Å². The van der Waals surface area contributed by atoms with Crippen LogP contribution in [0.4, 0.5) is 0 Å². The molecule has 0 amide bonds. The molecule has 2 atom stereocenters. The van der Waals surface area contributed by atoms with E-state index in [-0.39, 0.29) is 6.42 Å². The minimum Gasteiger partial charge on any atom is -0.481 e. The van der Waals surface area contributed by atoms with Crippen molar-refractivity contribution in [2.75, 3.05) is 0 Å². The number of carboxylic acid groups (broad SMARTS) is 1. The molecule has 0 saturated heterocycles. The summed E-state index contributed by atoms with van der Waals surface area (Å²) in [5.41, 5.74) is 0. The predicted molar refractivity (Wildman–Crippen MR) is 89.9 cm³/mol. The Kier molecular flexibility index (Phi) is 14.4. The van der Waals surface area contributed by atoms with E-state index in [0.29, 0.717) is 12.8 Å². The lowest BCUT2D eigenvalue weighted by Gasteiger charge is -2.15. The minimum atomic E-state index is -0.710. The molecular formula is C18H34O4. The third kappa shape index (κ3) is 14.1. The van der Waals surface area contributed by atoms with Crippen molar-refractivity contribution < 1.29 is 20.1 Å². The van der Waals surface area contributed by atoms with Gasteiger partial charge in [0.2, 0.25) is 0 Å². The van der Waals surface area contributed by atoms with Crippen molar-refractivity contribution in [2.45, 2.75) is 96.2 Å². The van der Waals surface area contributed by atoms with Gasteiger partial charge in [0.1, 0.15) is 0 Å². The lowest BCUT2D eigenvalue weighted by molar-refractivity contribution is -0.137. The maximum Gasteiger partial charge on any atom is 0.303 e. The average molecular weight is 314 g/mol. The fourth-order valence-corrected chi connectivity index (χ4v) is 2.38. The monoisotopic (exact) mass is 314 g/mol. The highest BCUT2D eigenvalue weighted by Gasteiger charge is 2.13. The number of allylic oxidation sites excluding steroid dienone is 1. The van der Waals surface area contributed by atoms with E-state index in [1.807, 2.05) is 6.08 Å². The summed E-state index contributed by atoms with van der Waals surface area (Å²) in [5, 5.41) is 28.1. The van der Waals surface area contributed by atoms with Crippen molar-refractivity contribution in [2.24, 2.45) is 0 Å². The van der Waals surface area contributed by atoms with E-state index in [1.165, 1.54) is 0 Å². The van der Waals surface area contributed by atoms with Crippen LogP contribution in [0.15, 0.2) is 12.2 Å². The molecule has 130 valence electrons. The van der Waals surface area contributed by atoms with Gasteiger partial charge in [0.25, 0.3) is 0 Å². The summed E-state index contributed by atoms with van der Waals surface area (Å²) >= 11 is 0. The third-order valence-corrected chi connectivity index (χ3v) is 3.85. The third-order valence-electron chi connectivity index (χ3n) is 3.85. The van der Waals surface area contributed by atoms with Crippen molar-refractivity contribution in [3.63, 3.8) is 0 Å². The Morgan fingerprint density at radius 1 is 0.909 bits per heavy atom. The first-order valence-corrected chi connectivity index (χ1v) is 8.80. The molecule has 0 radical (unpaired) electrons. The van der Waals surface area contributed by atoms with E-state index in [1.54, 1.807) is 0 Å². The summed E-state index contributed by atoms with van der Waals surface area (Å²) in [4.78, 5) is 10.3. The van der Waals surface area contributed by atoms with Gasteiger partial charge in [-0.2, -0.15) is 0 Å². The molecule has 0 aliphatic rings. The van der Waals surface area contributed by atoms with Crippen LogP contribution in [0.3, 0.4) is 0 Å². The van der Waals surface area contributed by atoms with Gasteiger partial charge in [0.05, 0.1) is 12.2 Å². The molecule has 0 heterocycles. The van der Waals surface area contributed by atoms with Crippen LogP contribution in [0.1, 0.15) is 84.0 Å². The molecule has 4 heteroatoms. The second kappa shape index (κ2) is 15.0. The Labute approximate surface area is 135 Å². The van der Waals surface area contributed by atoms with Gasteiger partial charge in [-0.1, -0.05) is 57.6 Å². The number of aliphatic hydroxyl groups excluding tert-OH is 2. The summed E-state index contributed by atoms with van der Waals surface area (Å²) in [5.74, 6) is -0.710. The van der Waals surface area contributed by atoms with Gasteiger partial charge in [-0.3, -0.25) is 4.79 Å². The molecule has 0 aromatic heterocycles. The van der Waals surface area contributed by atoms with Gasteiger partial charge in [0.15, 0.2) is 0 Å². The van der Waals surface area contributed by atoms with Crippen molar-refractivity contribution in [3.05, 3.63) is 12.2 Å². The predicted octanol–water partition coefficient (Wildman–Crippen LogP) is 4.05. The second-order valence-corrected chi connectivity index (χ2v) is 6.04. The molecule has 0 aromatic carbocycles. The largest absolute Gasteiger partial charge is 0.481 e. The molecule has 0 aliphatic carbocycles. The van der Waals surface area contributed by atoms with Gasteiger partial charge in [0, 0.05) is 6.42 Å². The Bertz CT molecular complexity index is 289. The summed E-state index contributed by atoms with van der Waals surface area (Å²) < 4.78 is 0. The fraction of sp³-hybridized carbons (Fsp3) is 0.833. The van der Waals surface area contributed by atoms with Gasteiger partial charge < -0.3 is 15.3 Å². The highest BCUT2D eigenvalue weighted by molar-refractivity contribution is 5.66. The summed E-state index contributed by atoms with van der Waals surface area (Å²) in [6, 6.07) is 0. The molecule has 0 bridgehead atoms. The molecule has 4 nitrogen and oxygen atoms in total. The zero-order valence-electron chi connectivity index (χ0n) is 14.0. The normalized spacial score (nSPS) is 14.3. The van der Waals surface area contributed by atoms with E-state index in [4.69, 9.17) is 5.11 Å². The summed E-state index contributed by atoms with van der Waals surface area (Å²) in [7, 11) is 0. The standard InChI is InChI=1S/C18H34O4/c1-2-3-10-13-16(19)17(20)14-11-8-6-4-5-7-9-12-15-18(21)22/h8,11,16-17,19-20H,2-7,9-10,12-15H2,1H3,(H,21,22)/b11-8+/t16-,17-/m0/s1. The first kappa shape index (κ1) is 21.1. The Morgan fingerprint density at radius 3 is 2.27 bits per heavy atom. The molecule has 22 heavy (non-hydrogen) atoms. The first-order valence-electron chi connectivity index (χ1n) is 8.80. The second-order valence-electron chi connectivity index (χ2n) is 6.04. The van der Waals surface area contributed by atoms with Crippen LogP contribution < -0.4 is 0 Å². The van der Waals surface area contributed by atoms with Crippen LogP contribution in [0.5, 0.6) is 0 Å². The summed E-state index contributed by atoms with van der Waals surface area (Å²) in [6.45, 7) is 2.12. The van der Waals surface area contributed by atoms with E-state index in [0.717, 1.165) is 57.8 Å². The van der Waals surface area contributed by atoms with Gasteiger partial charge >= 0.3 is 5.97 Å². The maximum absolute atomic E-state index is 10.3. The van der Waals surface area contributed by atoms with Crippen molar-refractivity contribution >= 4 is 5.97 Å². The number of rotatable bonds is 15. The highest BCUT2D eigenvalue weighted by Crippen LogP contribution is 2.11. The number of aliphatic carboxylic acids is 1. The molecule has 0 aliphatic heterocycles. The Hall–Kier alpha value is -0.870. The van der Waals surface area contributed by atoms with Gasteiger partial charge in [-0.15, -0.1) is 0 Å². The van der Waals surface area contributed by atoms with Gasteiger partial charge in [-0.05, 0) is 32.1 Å². The zero-order valence-corrected chi connectivity index (χ0v) is 14.0. The number of carboxylic acids is 1. The van der Waals surface area contributed by atoms with Crippen molar-refractivity contribution in [3.8, 4) is 0 Å². The minimum absolute atomic E-state index is 0.276. The van der Waals surface area contributed by atoms with Crippen LogP contribution in [-0.2, 0) is 4.79 Å². The van der Waals surface area contributed by atoms with Crippen molar-refractivity contribution in [1.29, 1.82) is 0 Å². The number of carbonyl (C=O) groups is 1. The molecule has 0 rings (SSSR count). The van der Waals surface area contributed by atoms with Crippen LogP contribution in [0.2, 0.25) is 0 Å². The van der Waals surface area contributed by atoms with Crippen LogP contribution in [0.25, 0.3) is 0 Å². The number of unbranched alkanes of at least 4 members (excludes halogenated alkanes) is 7. The number of hydrogen-bond donors (Lipinski definition) is 3. The topological polar surface area (TPSA) is 77.8 Å². The number of hydrogen-bond acceptors (Lipinski definition) is 3. The fourth-order valence-electron chi connectivity index (χ4n) is 2.38. The van der Waals surface area contributed by atoms with Crippen LogP contribution in [0, 0.1) is 0 Å². The molecule has 0 spiro atoms. The van der Waals surface area contributed by atoms with Crippen molar-refractivity contribution in [1.82, 2.24) is 0 Å². The number of aliphatic hydroxyl groups is 2. The molecule has 0 saturated carbocycles. The van der Waals surface area contributed by atoms with E-state index < -0.39 is 18.2 Å². The quantitative estimate of drug-likeness (QED) is 0.315. The van der Waals surface area contributed by atoms with Crippen LogP contribution >= 0.6 is 0 Å². The molecular weight excluding hydrogens is 280 g/mol. The smallest absolute Gasteiger partial charge is 0.303 e. The lowest BCUT2D eigenvalue weighted by Crippen LogP contribution is -2.25. The molecule has 0 aromatic rings. The van der Waals surface area contributed by atoms with E-state index in [2.05, 4.69) is 13.0 Å². The molecule has 0 fully saturated rings. The molecule has 3 N–H and O–H groups in total.